The predicted octanol–water partition coefficient (Wildman–Crippen LogP) is 2.50. The first-order valence-electron chi connectivity index (χ1n) is 8.93. The van der Waals surface area contributed by atoms with Gasteiger partial charge in [0.2, 0.25) is 5.36 Å². The highest BCUT2D eigenvalue weighted by Gasteiger charge is 2.12. The van der Waals surface area contributed by atoms with Gasteiger partial charge in [0.15, 0.2) is 0 Å². The third-order valence-corrected chi connectivity index (χ3v) is 4.55. The van der Waals surface area contributed by atoms with Crippen LogP contribution in [0.1, 0.15) is 19.8 Å². The van der Waals surface area contributed by atoms with Crippen LogP contribution < -0.4 is 20.1 Å². The molecule has 0 fully saturated rings. The summed E-state index contributed by atoms with van der Waals surface area (Å²) in [7, 11) is 8.19. The Morgan fingerprint density at radius 2 is 1.36 bits per heavy atom. The molecule has 0 aliphatic heterocycles. The molecule has 0 aliphatic carbocycles. The van der Waals surface area contributed by atoms with Crippen molar-refractivity contribution in [1.82, 2.24) is 0 Å². The summed E-state index contributed by atoms with van der Waals surface area (Å²) >= 11 is 0. The number of anilines is 2. The zero-order valence-corrected chi connectivity index (χ0v) is 15.9. The number of benzene rings is 2. The predicted molar refractivity (Wildman–Crippen MR) is 106 cm³/mol. The highest BCUT2D eigenvalue weighted by Crippen LogP contribution is 2.25. The van der Waals surface area contributed by atoms with Crippen LogP contribution in [0.2, 0.25) is 0 Å². The zero-order valence-electron chi connectivity index (χ0n) is 15.9. The molecule has 4 heteroatoms. The van der Waals surface area contributed by atoms with Crippen LogP contribution in [0.15, 0.2) is 40.8 Å². The maximum absolute atomic E-state index is 6.28. The first-order valence-corrected chi connectivity index (χ1v) is 8.93. The monoisotopic (exact) mass is 338 g/mol. The molecule has 2 aromatic carbocycles. The molecule has 0 aliphatic rings. The Balaban J connectivity index is 2.33. The second kappa shape index (κ2) is 7.18. The fourth-order valence-electron chi connectivity index (χ4n) is 3.00. The van der Waals surface area contributed by atoms with Gasteiger partial charge in [0.1, 0.15) is 17.7 Å². The fraction of sp³-hybridized carbons (Fsp3) is 0.381. The molecule has 0 spiro atoms. The zero-order chi connectivity index (χ0) is 18.0. The van der Waals surface area contributed by atoms with Crippen molar-refractivity contribution in [3.05, 3.63) is 41.8 Å². The minimum atomic E-state index is 0.911. The van der Waals surface area contributed by atoms with Crippen LogP contribution in [0.5, 0.6) is 0 Å². The van der Waals surface area contributed by atoms with Gasteiger partial charge in [0, 0.05) is 58.1 Å². The summed E-state index contributed by atoms with van der Waals surface area (Å²) in [5, 5.41) is 3.43. The Morgan fingerprint density at radius 3 is 1.80 bits per heavy atom. The minimum absolute atomic E-state index is 0.911. The van der Waals surface area contributed by atoms with Gasteiger partial charge < -0.3 is 14.2 Å². The van der Waals surface area contributed by atoms with E-state index in [-0.39, 0.29) is 0 Å². The van der Waals surface area contributed by atoms with Crippen LogP contribution in [-0.4, -0.2) is 34.7 Å². The van der Waals surface area contributed by atoms with Gasteiger partial charge in [-0.25, -0.2) is 4.99 Å². The van der Waals surface area contributed by atoms with Crippen LogP contribution in [0.25, 0.3) is 21.9 Å². The summed E-state index contributed by atoms with van der Waals surface area (Å²) in [5.74, 6) is 0. The number of hydrogen-bond donors (Lipinski definition) is 1. The van der Waals surface area contributed by atoms with E-state index in [0.29, 0.717) is 0 Å². The van der Waals surface area contributed by atoms with Crippen molar-refractivity contribution in [2.45, 2.75) is 19.8 Å². The summed E-state index contributed by atoms with van der Waals surface area (Å²) in [5.41, 5.74) is 4.10. The van der Waals surface area contributed by atoms with Crippen molar-refractivity contribution in [1.29, 1.82) is 0 Å². The van der Waals surface area contributed by atoms with Gasteiger partial charge in [0.05, 0.1) is 10.8 Å². The topological polar surface area (TPSA) is 33.6 Å². The number of unbranched alkanes of at least 4 members (excludes halogenated alkanes) is 1. The van der Waals surface area contributed by atoms with E-state index in [1.54, 1.807) is 0 Å². The maximum atomic E-state index is 6.28. The highest BCUT2D eigenvalue weighted by molar-refractivity contribution is 5.91. The first-order chi connectivity index (χ1) is 12.0. The second-order valence-electron chi connectivity index (χ2n) is 6.91. The first kappa shape index (κ1) is 17.3. The Hall–Kier alpha value is -2.49. The molecule has 132 valence electrons. The van der Waals surface area contributed by atoms with E-state index in [1.165, 1.54) is 11.8 Å². The Labute approximate surface area is 149 Å². The van der Waals surface area contributed by atoms with Crippen molar-refractivity contribution in [3.63, 3.8) is 0 Å². The molecule has 3 rings (SSSR count). The van der Waals surface area contributed by atoms with Crippen LogP contribution in [0, 0.1) is 0 Å². The van der Waals surface area contributed by atoms with Crippen molar-refractivity contribution < 1.29 is 9.41 Å². The van der Waals surface area contributed by atoms with Crippen LogP contribution in [-0.2, 0) is 0 Å². The molecule has 1 N–H and O–H groups in total. The Kier molecular flexibility index (Phi) is 4.98. The summed E-state index contributed by atoms with van der Waals surface area (Å²) in [6, 6.07) is 12.8. The van der Waals surface area contributed by atoms with Gasteiger partial charge in [0.25, 0.3) is 0 Å². The lowest BCUT2D eigenvalue weighted by Crippen LogP contribution is -2.76. The summed E-state index contributed by atoms with van der Waals surface area (Å²) in [4.78, 5) is 7.84. The van der Waals surface area contributed by atoms with E-state index in [0.717, 1.165) is 46.3 Å². The van der Waals surface area contributed by atoms with Gasteiger partial charge in [-0.2, -0.15) is 0 Å². The van der Waals surface area contributed by atoms with Gasteiger partial charge in [-0.15, -0.1) is 0 Å². The third kappa shape index (κ3) is 3.48. The van der Waals surface area contributed by atoms with E-state index in [1.807, 2.05) is 28.2 Å². The molecule has 0 saturated carbocycles. The number of hydrogen-bond acceptors (Lipinski definition) is 3. The molecule has 0 bridgehead atoms. The Morgan fingerprint density at radius 1 is 0.840 bits per heavy atom. The second-order valence-corrected chi connectivity index (χ2v) is 6.91. The van der Waals surface area contributed by atoms with E-state index in [4.69, 9.17) is 4.42 Å². The molecule has 0 radical (unpaired) electrons. The molecule has 0 atom stereocenters. The van der Waals surface area contributed by atoms with Crippen molar-refractivity contribution in [2.75, 3.05) is 44.5 Å². The van der Waals surface area contributed by atoms with E-state index >= 15 is 0 Å². The maximum Gasteiger partial charge on any atom is 0.220 e. The van der Waals surface area contributed by atoms with Gasteiger partial charge in [-0.3, -0.25) is 0 Å². The molecule has 1 heterocycles. The average Bonchev–Trinajstić information content (AvgIpc) is 2.60. The van der Waals surface area contributed by atoms with Crippen LogP contribution in [0.4, 0.5) is 11.4 Å². The van der Waals surface area contributed by atoms with E-state index < -0.39 is 0 Å². The molecule has 1 aromatic heterocycles. The molecular formula is C21H28N3O+. The summed E-state index contributed by atoms with van der Waals surface area (Å²) < 4.78 is 6.28. The van der Waals surface area contributed by atoms with Crippen molar-refractivity contribution >= 4 is 33.3 Å². The lowest BCUT2D eigenvalue weighted by molar-refractivity contribution is -0.498. The average molecular weight is 338 g/mol. The quantitative estimate of drug-likeness (QED) is 0.573. The largest absolute Gasteiger partial charge is 0.455 e. The standard InChI is InChI=1S/C21H27N3O/c1-6-7-12-22-21-17-10-8-15(23(2)3)13-19(17)25-20-14-16(24(4)5)9-11-18(20)21/h8-11,13-14H,6-7,12H2,1-5H3/p+1. The SMILES string of the molecule is CCCC[NH+]=c1c2ccc(N(C)C)cc2oc2cc(N(C)C)ccc12. The molecule has 0 unspecified atom stereocenters. The number of rotatable bonds is 5. The van der Waals surface area contributed by atoms with Gasteiger partial charge in [-0.1, -0.05) is 13.3 Å². The lowest BCUT2D eigenvalue weighted by Gasteiger charge is -2.14. The van der Waals surface area contributed by atoms with E-state index in [9.17, 15) is 0 Å². The lowest BCUT2D eigenvalue weighted by atomic mass is 10.1. The molecular weight excluding hydrogens is 310 g/mol. The normalized spacial score (nSPS) is 11.1. The van der Waals surface area contributed by atoms with Crippen LogP contribution in [0.3, 0.4) is 0 Å². The number of nitrogens with zero attached hydrogens (tertiary/aromatic N) is 2. The number of fused-ring (bicyclic) bond motifs is 2. The molecule has 25 heavy (non-hydrogen) atoms. The summed E-state index contributed by atoms with van der Waals surface area (Å²) in [6.07, 6.45) is 2.33. The molecule has 0 amide bonds. The number of nitrogens with one attached hydrogen (secondary N) is 1. The van der Waals surface area contributed by atoms with Crippen molar-refractivity contribution in [3.8, 4) is 0 Å². The van der Waals surface area contributed by atoms with Crippen molar-refractivity contribution in [2.24, 2.45) is 0 Å². The summed E-state index contributed by atoms with van der Waals surface area (Å²) in [6.45, 7) is 3.18. The third-order valence-electron chi connectivity index (χ3n) is 4.55. The Bertz CT molecular complexity index is 885. The van der Waals surface area contributed by atoms with Crippen LogP contribution >= 0.6 is 0 Å². The highest BCUT2D eigenvalue weighted by atomic mass is 16.3. The molecule has 3 aromatic rings. The molecule has 0 saturated heterocycles. The fourth-order valence-corrected chi connectivity index (χ4v) is 3.00. The van der Waals surface area contributed by atoms with Gasteiger partial charge >= 0.3 is 0 Å². The molecule has 4 nitrogen and oxygen atoms in total. The van der Waals surface area contributed by atoms with E-state index in [2.05, 4.69) is 58.1 Å². The smallest absolute Gasteiger partial charge is 0.220 e. The van der Waals surface area contributed by atoms with Gasteiger partial charge in [-0.05, 0) is 24.3 Å². The minimum Gasteiger partial charge on any atom is -0.455 e.